The number of hydrogen-bond acceptors (Lipinski definition) is 4. The molecule has 1 heterocycles. The minimum absolute atomic E-state index is 0.0589. The summed E-state index contributed by atoms with van der Waals surface area (Å²) >= 11 is 0. The third kappa shape index (κ3) is 6.31. The first-order valence-electron chi connectivity index (χ1n) is 12.5. The second kappa shape index (κ2) is 10.5. The van der Waals surface area contributed by atoms with E-state index in [2.05, 4.69) is 0 Å². The largest absolute Gasteiger partial charge is 0.480 e. The minimum Gasteiger partial charge on any atom is -0.480 e. The van der Waals surface area contributed by atoms with Crippen molar-refractivity contribution in [2.75, 3.05) is 20.2 Å². The Hall–Kier alpha value is -3.39. The van der Waals surface area contributed by atoms with E-state index >= 15 is 0 Å². The van der Waals surface area contributed by atoms with E-state index in [1.54, 1.807) is 7.11 Å². The number of ether oxygens (including phenoxy) is 1. The minimum atomic E-state index is -1.07. The first-order valence-corrected chi connectivity index (χ1v) is 12.5. The smallest absolute Gasteiger partial charge is 0.326 e. The van der Waals surface area contributed by atoms with Crippen LogP contribution in [0, 0.1) is 5.41 Å². The Morgan fingerprint density at radius 2 is 1.59 bits per heavy atom. The SMILES string of the molecule is CO[C@@]1(c2ccc(-c3ccccc3)cc2)C[C@@H](C(=O)O)N(C(=O)CC(C)(C)CN(C(N)=O)C(C)(C)C)C1. The molecule has 0 saturated carbocycles. The van der Waals surface area contributed by atoms with Gasteiger partial charge in [-0.2, -0.15) is 0 Å². The maximum Gasteiger partial charge on any atom is 0.326 e. The van der Waals surface area contributed by atoms with Crippen molar-refractivity contribution in [3.05, 3.63) is 60.2 Å². The van der Waals surface area contributed by atoms with E-state index in [0.717, 1.165) is 16.7 Å². The Labute approximate surface area is 219 Å². The van der Waals surface area contributed by atoms with Crippen LogP contribution in [0.4, 0.5) is 4.79 Å². The molecule has 37 heavy (non-hydrogen) atoms. The summed E-state index contributed by atoms with van der Waals surface area (Å²) in [6.07, 6.45) is 0.203. The number of urea groups is 1. The lowest BCUT2D eigenvalue weighted by Gasteiger charge is -2.40. The molecule has 0 radical (unpaired) electrons. The molecule has 2 atom stereocenters. The number of carboxylic acids is 1. The molecule has 0 aromatic heterocycles. The molecule has 1 aliphatic rings. The van der Waals surface area contributed by atoms with E-state index in [4.69, 9.17) is 10.5 Å². The van der Waals surface area contributed by atoms with Gasteiger partial charge in [0.05, 0.1) is 6.54 Å². The number of carbonyl (C=O) groups is 3. The van der Waals surface area contributed by atoms with Crippen molar-refractivity contribution in [3.8, 4) is 11.1 Å². The Bertz CT molecular complexity index is 1120. The second-order valence-electron chi connectivity index (χ2n) is 11.7. The predicted molar refractivity (Wildman–Crippen MR) is 143 cm³/mol. The number of aliphatic carboxylic acids is 1. The van der Waals surface area contributed by atoms with Crippen LogP contribution in [-0.4, -0.2) is 64.6 Å². The predicted octanol–water partition coefficient (Wildman–Crippen LogP) is 4.48. The number of hydrogen-bond donors (Lipinski definition) is 2. The normalized spacial score (nSPS) is 20.1. The molecule has 1 fully saturated rings. The monoisotopic (exact) mass is 509 g/mol. The summed E-state index contributed by atoms with van der Waals surface area (Å²) in [5.74, 6) is -1.37. The summed E-state index contributed by atoms with van der Waals surface area (Å²) < 4.78 is 5.94. The van der Waals surface area contributed by atoms with Gasteiger partial charge in [-0.25, -0.2) is 9.59 Å². The molecule has 8 heteroatoms. The van der Waals surface area contributed by atoms with Crippen molar-refractivity contribution in [2.45, 2.75) is 64.6 Å². The summed E-state index contributed by atoms with van der Waals surface area (Å²) in [5.41, 5.74) is 6.46. The van der Waals surface area contributed by atoms with Crippen molar-refractivity contribution in [3.63, 3.8) is 0 Å². The highest BCUT2D eigenvalue weighted by Crippen LogP contribution is 2.41. The highest BCUT2D eigenvalue weighted by atomic mass is 16.5. The molecule has 3 N–H and O–H groups in total. The zero-order valence-electron chi connectivity index (χ0n) is 22.7. The Kier molecular flexibility index (Phi) is 8.03. The van der Waals surface area contributed by atoms with Gasteiger partial charge >= 0.3 is 12.0 Å². The molecular weight excluding hydrogens is 470 g/mol. The molecule has 3 rings (SSSR count). The third-order valence-corrected chi connectivity index (χ3v) is 7.13. The Morgan fingerprint density at radius 1 is 1.03 bits per heavy atom. The molecule has 2 aromatic carbocycles. The van der Waals surface area contributed by atoms with Gasteiger partial charge in [0, 0.05) is 32.0 Å². The van der Waals surface area contributed by atoms with Crippen LogP contribution in [0.15, 0.2) is 54.6 Å². The van der Waals surface area contributed by atoms with Crippen molar-refractivity contribution >= 4 is 17.9 Å². The fourth-order valence-electron chi connectivity index (χ4n) is 5.07. The maximum absolute atomic E-state index is 13.5. The van der Waals surface area contributed by atoms with E-state index < -0.39 is 34.6 Å². The quantitative estimate of drug-likeness (QED) is 0.545. The van der Waals surface area contributed by atoms with Crippen LogP contribution < -0.4 is 5.73 Å². The van der Waals surface area contributed by atoms with Gasteiger partial charge in [0.25, 0.3) is 0 Å². The summed E-state index contributed by atoms with van der Waals surface area (Å²) in [7, 11) is 1.55. The number of methoxy groups -OCH3 is 1. The molecule has 2 aromatic rings. The highest BCUT2D eigenvalue weighted by Gasteiger charge is 2.51. The molecular formula is C29H39N3O5. The molecule has 3 amide bonds. The first kappa shape index (κ1) is 28.2. The number of nitrogens with two attached hydrogens (primary N) is 1. The van der Waals surface area contributed by atoms with E-state index in [1.807, 2.05) is 89.2 Å². The number of nitrogens with zero attached hydrogens (tertiary/aromatic N) is 2. The number of likely N-dealkylation sites (tertiary alicyclic amines) is 1. The molecule has 1 saturated heterocycles. The number of amides is 3. The lowest BCUT2D eigenvalue weighted by atomic mass is 9.86. The molecule has 0 spiro atoms. The number of carboxylic acid groups (broad SMARTS) is 1. The van der Waals surface area contributed by atoms with E-state index in [-0.39, 0.29) is 31.8 Å². The lowest BCUT2D eigenvalue weighted by molar-refractivity contribution is -0.149. The summed E-state index contributed by atoms with van der Waals surface area (Å²) in [4.78, 5) is 40.8. The van der Waals surface area contributed by atoms with Crippen molar-refractivity contribution in [2.24, 2.45) is 11.1 Å². The third-order valence-electron chi connectivity index (χ3n) is 7.13. The second-order valence-corrected chi connectivity index (χ2v) is 11.7. The molecule has 0 aliphatic carbocycles. The van der Waals surface area contributed by atoms with Gasteiger partial charge < -0.3 is 25.4 Å². The van der Waals surface area contributed by atoms with Gasteiger partial charge in [-0.05, 0) is 42.9 Å². The number of rotatable bonds is 8. The van der Waals surface area contributed by atoms with Gasteiger partial charge in [0.2, 0.25) is 5.91 Å². The van der Waals surface area contributed by atoms with E-state index in [9.17, 15) is 19.5 Å². The van der Waals surface area contributed by atoms with Crippen molar-refractivity contribution < 1.29 is 24.2 Å². The average molecular weight is 510 g/mol. The van der Waals surface area contributed by atoms with Gasteiger partial charge in [0.1, 0.15) is 11.6 Å². The fourth-order valence-corrected chi connectivity index (χ4v) is 5.07. The average Bonchev–Trinajstić information content (AvgIpc) is 3.24. The van der Waals surface area contributed by atoms with Crippen LogP contribution >= 0.6 is 0 Å². The van der Waals surface area contributed by atoms with Crippen molar-refractivity contribution in [1.82, 2.24) is 9.80 Å². The van der Waals surface area contributed by atoms with Gasteiger partial charge in [-0.3, -0.25) is 4.79 Å². The van der Waals surface area contributed by atoms with Crippen LogP contribution in [0.3, 0.4) is 0 Å². The number of primary amides is 1. The molecule has 0 bridgehead atoms. The van der Waals surface area contributed by atoms with E-state index in [0.29, 0.717) is 0 Å². The fraction of sp³-hybridized carbons (Fsp3) is 0.483. The number of benzene rings is 2. The molecule has 0 unspecified atom stereocenters. The van der Waals surface area contributed by atoms with Gasteiger partial charge in [-0.15, -0.1) is 0 Å². The van der Waals surface area contributed by atoms with Gasteiger partial charge in [-0.1, -0.05) is 68.4 Å². The summed E-state index contributed by atoms with van der Waals surface area (Å²) in [5, 5.41) is 10.0. The van der Waals surface area contributed by atoms with Crippen LogP contribution in [0.2, 0.25) is 0 Å². The standard InChI is InChI=1S/C29H39N3O5/c1-27(2,3)32(26(30)36)18-28(4,5)17-24(33)31-19-29(37-6,16-23(31)25(34)35)22-14-12-21(13-15-22)20-10-8-7-9-11-20/h7-15,23H,16-19H2,1-6H3,(H2,30,36)(H,34,35)/t23-,29-/m0/s1. The zero-order chi connectivity index (χ0) is 27.6. The molecule has 200 valence electrons. The van der Waals surface area contributed by atoms with Gasteiger partial charge in [0.15, 0.2) is 0 Å². The maximum atomic E-state index is 13.5. The molecule has 1 aliphatic heterocycles. The van der Waals surface area contributed by atoms with Crippen LogP contribution in [-0.2, 0) is 19.9 Å². The highest BCUT2D eigenvalue weighted by molar-refractivity contribution is 5.85. The first-order chi connectivity index (χ1) is 17.2. The Morgan fingerprint density at radius 3 is 2.08 bits per heavy atom. The van der Waals surface area contributed by atoms with Crippen molar-refractivity contribution in [1.29, 1.82) is 0 Å². The van der Waals surface area contributed by atoms with E-state index in [1.165, 1.54) is 9.80 Å². The lowest BCUT2D eigenvalue weighted by Crippen LogP contribution is -2.53. The molecule has 8 nitrogen and oxygen atoms in total. The Balaban J connectivity index is 1.84. The van der Waals surface area contributed by atoms with Crippen LogP contribution in [0.25, 0.3) is 11.1 Å². The number of carbonyl (C=O) groups excluding carboxylic acids is 2. The summed E-state index contributed by atoms with van der Waals surface area (Å²) in [6, 6.07) is 16.2. The summed E-state index contributed by atoms with van der Waals surface area (Å²) in [6.45, 7) is 9.79. The van der Waals surface area contributed by atoms with Crippen LogP contribution in [0.5, 0.6) is 0 Å². The topological polar surface area (TPSA) is 113 Å². The van der Waals surface area contributed by atoms with Crippen LogP contribution in [0.1, 0.15) is 53.0 Å². The zero-order valence-corrected chi connectivity index (χ0v) is 22.7.